The summed E-state index contributed by atoms with van der Waals surface area (Å²) in [7, 11) is 3.89. The van der Waals surface area contributed by atoms with Crippen LogP contribution in [0, 0.1) is 6.92 Å². The van der Waals surface area contributed by atoms with Crippen molar-refractivity contribution in [3.05, 3.63) is 41.5 Å². The minimum Gasteiger partial charge on any atom is -0.432 e. The van der Waals surface area contributed by atoms with Crippen LogP contribution in [0.4, 0.5) is 6.01 Å². The van der Waals surface area contributed by atoms with E-state index in [9.17, 15) is 9.59 Å². The van der Waals surface area contributed by atoms with Gasteiger partial charge in [-0.15, -0.1) is 0 Å². The second-order valence-electron chi connectivity index (χ2n) is 6.35. The maximum Gasteiger partial charge on any atom is 0.301 e. The van der Waals surface area contributed by atoms with Gasteiger partial charge in [0.25, 0.3) is 5.91 Å². The van der Waals surface area contributed by atoms with Crippen molar-refractivity contribution in [3.63, 3.8) is 0 Å². The predicted molar refractivity (Wildman–Crippen MR) is 101 cm³/mol. The number of hydrogen-bond acceptors (Lipinski definition) is 7. The Balaban J connectivity index is 2.14. The molecule has 2 aromatic rings. The Hall–Kier alpha value is -2.78. The average molecular weight is 374 g/mol. The van der Waals surface area contributed by atoms with Gasteiger partial charge in [0, 0.05) is 37.1 Å². The molecule has 9 heteroatoms. The number of aryl methyl sites for hydroxylation is 1. The van der Waals surface area contributed by atoms with Crippen LogP contribution >= 0.6 is 0 Å². The van der Waals surface area contributed by atoms with E-state index in [0.717, 1.165) is 17.8 Å². The van der Waals surface area contributed by atoms with Crippen LogP contribution in [-0.4, -0.2) is 71.9 Å². The molecule has 2 heterocycles. The summed E-state index contributed by atoms with van der Waals surface area (Å²) in [6, 6.07) is 1.78. The van der Waals surface area contributed by atoms with Crippen LogP contribution in [0.1, 0.15) is 21.6 Å². The maximum atomic E-state index is 12.6. The van der Waals surface area contributed by atoms with Gasteiger partial charge in [-0.1, -0.05) is 0 Å². The fraction of sp³-hybridized carbons (Fsp3) is 0.444. The number of rotatable bonds is 9. The molecule has 0 unspecified atom stereocenters. The summed E-state index contributed by atoms with van der Waals surface area (Å²) in [6.45, 7) is 3.55. The lowest BCUT2D eigenvalue weighted by molar-refractivity contribution is -0.129. The first kappa shape index (κ1) is 20.5. The normalized spacial score (nSPS) is 10.9. The molecule has 0 bridgehead atoms. The molecule has 0 fully saturated rings. The van der Waals surface area contributed by atoms with E-state index in [2.05, 4.69) is 15.3 Å². The minimum atomic E-state index is -0.331. The first-order valence-corrected chi connectivity index (χ1v) is 8.70. The first-order chi connectivity index (χ1) is 12.9. The summed E-state index contributed by atoms with van der Waals surface area (Å²) in [5.41, 5.74) is 7.53. The molecule has 0 aromatic carbocycles. The summed E-state index contributed by atoms with van der Waals surface area (Å²) in [6.07, 6.45) is 4.91. The number of carbonyl (C=O) groups excluding carboxylic acids is 2. The van der Waals surface area contributed by atoms with Gasteiger partial charge in [-0.3, -0.25) is 19.9 Å². The van der Waals surface area contributed by atoms with E-state index in [1.54, 1.807) is 17.2 Å². The Kier molecular flexibility index (Phi) is 7.44. The summed E-state index contributed by atoms with van der Waals surface area (Å²) in [5, 5.41) is 2.62. The first-order valence-electron chi connectivity index (χ1n) is 8.70. The Bertz CT molecular complexity index is 760. The van der Waals surface area contributed by atoms with Crippen molar-refractivity contribution in [2.75, 3.05) is 45.6 Å². The number of hydrogen-bond donors (Lipinski definition) is 2. The lowest BCUT2D eigenvalue weighted by Gasteiger charge is -2.24. The molecule has 2 rings (SSSR count). The van der Waals surface area contributed by atoms with Gasteiger partial charge in [-0.2, -0.15) is 0 Å². The molecule has 0 atom stereocenters. The number of pyridine rings is 1. The highest BCUT2D eigenvalue weighted by Gasteiger charge is 2.18. The number of carbonyl (C=O) groups is 2. The zero-order valence-electron chi connectivity index (χ0n) is 15.9. The molecule has 0 saturated carbocycles. The van der Waals surface area contributed by atoms with E-state index >= 15 is 0 Å². The number of oxazole rings is 1. The van der Waals surface area contributed by atoms with Gasteiger partial charge in [-0.05, 0) is 39.1 Å². The van der Waals surface area contributed by atoms with Crippen molar-refractivity contribution >= 4 is 17.8 Å². The zero-order chi connectivity index (χ0) is 19.8. The topological polar surface area (TPSA) is 118 Å². The van der Waals surface area contributed by atoms with Gasteiger partial charge in [-0.25, -0.2) is 4.98 Å². The largest absolute Gasteiger partial charge is 0.432 e. The smallest absolute Gasteiger partial charge is 0.301 e. The third-order valence-corrected chi connectivity index (χ3v) is 4.14. The Labute approximate surface area is 158 Å². The fourth-order valence-corrected chi connectivity index (χ4v) is 2.63. The monoisotopic (exact) mass is 374 g/mol. The van der Waals surface area contributed by atoms with Crippen LogP contribution < -0.4 is 11.1 Å². The van der Waals surface area contributed by atoms with Crippen LogP contribution in [0.3, 0.4) is 0 Å². The summed E-state index contributed by atoms with van der Waals surface area (Å²) in [5.74, 6) is -0.452. The third-order valence-electron chi connectivity index (χ3n) is 4.14. The van der Waals surface area contributed by atoms with E-state index in [4.69, 9.17) is 10.2 Å². The van der Waals surface area contributed by atoms with Gasteiger partial charge in [0.05, 0.1) is 12.7 Å². The quantitative estimate of drug-likeness (QED) is 0.657. The maximum absolute atomic E-state index is 12.6. The standard InChI is InChI=1S/C18H26N6O3/c1-13-14(5-8-24(16(25)12-19)10-9-23(2)3)15(4-6-20-13)17(26)22-18-21-7-11-27-18/h4,6-7,11H,5,8-10,12,19H2,1-3H3,(H,21,22,26). The molecule has 27 heavy (non-hydrogen) atoms. The molecule has 0 saturated heterocycles. The van der Waals surface area contributed by atoms with Crippen LogP contribution in [-0.2, 0) is 11.2 Å². The Morgan fingerprint density at radius 2 is 1.96 bits per heavy atom. The zero-order valence-corrected chi connectivity index (χ0v) is 15.9. The van der Waals surface area contributed by atoms with E-state index in [0.29, 0.717) is 25.1 Å². The molecule has 3 N–H and O–H groups in total. The lowest BCUT2D eigenvalue weighted by Crippen LogP contribution is -2.41. The van der Waals surface area contributed by atoms with E-state index in [-0.39, 0.29) is 24.4 Å². The molecular weight excluding hydrogens is 348 g/mol. The molecule has 2 aromatic heterocycles. The number of aromatic nitrogens is 2. The van der Waals surface area contributed by atoms with Gasteiger partial charge >= 0.3 is 6.01 Å². The van der Waals surface area contributed by atoms with Crippen molar-refractivity contribution < 1.29 is 14.0 Å². The summed E-state index contributed by atoms with van der Waals surface area (Å²) >= 11 is 0. The molecule has 0 aliphatic carbocycles. The number of nitrogens with two attached hydrogens (primary N) is 1. The second-order valence-corrected chi connectivity index (χ2v) is 6.35. The van der Waals surface area contributed by atoms with Crippen LogP contribution in [0.25, 0.3) is 0 Å². The highest BCUT2D eigenvalue weighted by molar-refractivity contribution is 6.04. The van der Waals surface area contributed by atoms with Gasteiger partial charge in [0.1, 0.15) is 6.26 Å². The summed E-state index contributed by atoms with van der Waals surface area (Å²) in [4.78, 5) is 36.6. The van der Waals surface area contributed by atoms with Crippen LogP contribution in [0.15, 0.2) is 29.1 Å². The van der Waals surface area contributed by atoms with Gasteiger partial charge < -0.3 is 20.0 Å². The Morgan fingerprint density at radius 3 is 2.59 bits per heavy atom. The third kappa shape index (κ3) is 5.87. The number of amides is 2. The van der Waals surface area contributed by atoms with Gasteiger partial charge in [0.2, 0.25) is 5.91 Å². The number of nitrogens with zero attached hydrogens (tertiary/aromatic N) is 4. The minimum absolute atomic E-state index is 0.0447. The van der Waals surface area contributed by atoms with E-state index < -0.39 is 0 Å². The van der Waals surface area contributed by atoms with Crippen molar-refractivity contribution in [3.8, 4) is 0 Å². The average Bonchev–Trinajstić information content (AvgIpc) is 3.14. The molecule has 0 aliphatic rings. The molecule has 9 nitrogen and oxygen atoms in total. The van der Waals surface area contributed by atoms with Crippen molar-refractivity contribution in [1.82, 2.24) is 19.8 Å². The SMILES string of the molecule is Cc1nccc(C(=O)Nc2ncco2)c1CCN(CCN(C)C)C(=O)CN. The molecule has 0 spiro atoms. The summed E-state index contributed by atoms with van der Waals surface area (Å²) < 4.78 is 5.06. The van der Waals surface area contributed by atoms with Crippen molar-refractivity contribution in [2.45, 2.75) is 13.3 Å². The predicted octanol–water partition coefficient (Wildman–Crippen LogP) is 0.522. The van der Waals surface area contributed by atoms with Crippen molar-refractivity contribution in [2.24, 2.45) is 5.73 Å². The van der Waals surface area contributed by atoms with E-state index in [1.165, 1.54) is 12.5 Å². The Morgan fingerprint density at radius 1 is 1.19 bits per heavy atom. The van der Waals surface area contributed by atoms with Gasteiger partial charge in [0.15, 0.2) is 0 Å². The lowest BCUT2D eigenvalue weighted by atomic mass is 10.0. The van der Waals surface area contributed by atoms with Crippen LogP contribution in [0.5, 0.6) is 0 Å². The highest BCUT2D eigenvalue weighted by atomic mass is 16.4. The molecule has 0 radical (unpaired) electrons. The molecule has 0 aliphatic heterocycles. The van der Waals surface area contributed by atoms with Crippen LogP contribution in [0.2, 0.25) is 0 Å². The van der Waals surface area contributed by atoms with E-state index in [1.807, 2.05) is 25.9 Å². The van der Waals surface area contributed by atoms with Crippen molar-refractivity contribution in [1.29, 1.82) is 0 Å². The molecular formula is C18H26N6O3. The highest BCUT2D eigenvalue weighted by Crippen LogP contribution is 2.16. The molecule has 146 valence electrons. The fourth-order valence-electron chi connectivity index (χ4n) is 2.63. The second kappa shape index (κ2) is 9.79. The number of anilines is 1. The number of nitrogens with one attached hydrogen (secondary N) is 1. The molecule has 2 amide bonds. The number of likely N-dealkylation sites (N-methyl/N-ethyl adjacent to an activating group) is 1.